The summed E-state index contributed by atoms with van der Waals surface area (Å²) in [5.41, 5.74) is 3.70. The predicted octanol–water partition coefficient (Wildman–Crippen LogP) is 1.34. The molecule has 1 aromatic carbocycles. The van der Waals surface area contributed by atoms with Crippen molar-refractivity contribution >= 4 is 55.1 Å². The highest BCUT2D eigenvalue weighted by atomic mass is 32.2. The fourth-order valence-corrected chi connectivity index (χ4v) is 8.52. The number of primary amides is 1. The normalized spacial score (nSPS) is 21.4. The molecular formula is C33H43N7O10S2. The number of ketones is 1. The number of rotatable bonds is 12. The van der Waals surface area contributed by atoms with Gasteiger partial charge in [0, 0.05) is 31.0 Å². The number of likely N-dealkylation sites (tertiary alicyclic amines) is 1. The van der Waals surface area contributed by atoms with Crippen LogP contribution in [-0.4, -0.2) is 101 Å². The lowest BCUT2D eigenvalue weighted by molar-refractivity contribution is -0.144. The average Bonchev–Trinajstić information content (AvgIpc) is 3.75. The van der Waals surface area contributed by atoms with Crippen LogP contribution in [0, 0.1) is 5.92 Å². The third-order valence-corrected chi connectivity index (χ3v) is 11.8. The van der Waals surface area contributed by atoms with E-state index in [2.05, 4.69) is 20.6 Å². The van der Waals surface area contributed by atoms with Crippen LogP contribution in [0.25, 0.3) is 0 Å². The van der Waals surface area contributed by atoms with Gasteiger partial charge in [-0.1, -0.05) is 56.6 Å². The van der Waals surface area contributed by atoms with E-state index >= 15 is 0 Å². The molecule has 3 fully saturated rings. The molecule has 3 aliphatic rings. The first-order valence-corrected chi connectivity index (χ1v) is 20.7. The van der Waals surface area contributed by atoms with E-state index in [1.165, 1.54) is 40.0 Å². The molecule has 1 aliphatic heterocycles. The molecule has 2 saturated carbocycles. The Labute approximate surface area is 301 Å². The molecule has 2 aliphatic carbocycles. The van der Waals surface area contributed by atoms with Crippen molar-refractivity contribution in [3.8, 4) is 0 Å². The summed E-state index contributed by atoms with van der Waals surface area (Å²) in [6.45, 7) is -0.150. The van der Waals surface area contributed by atoms with Crippen molar-refractivity contribution in [1.29, 1.82) is 0 Å². The predicted molar refractivity (Wildman–Crippen MR) is 185 cm³/mol. The summed E-state index contributed by atoms with van der Waals surface area (Å²) in [4.78, 5) is 72.9. The van der Waals surface area contributed by atoms with Crippen LogP contribution in [-0.2, 0) is 44.9 Å². The molecule has 2 aromatic rings. The monoisotopic (exact) mass is 761 g/mol. The van der Waals surface area contributed by atoms with Crippen LogP contribution in [0.2, 0.25) is 0 Å². The Morgan fingerprint density at radius 3 is 2.21 bits per heavy atom. The number of benzene rings is 1. The van der Waals surface area contributed by atoms with Gasteiger partial charge in [0.15, 0.2) is 9.84 Å². The van der Waals surface area contributed by atoms with Gasteiger partial charge in [0.05, 0.1) is 10.9 Å². The van der Waals surface area contributed by atoms with E-state index in [-0.39, 0.29) is 60.0 Å². The lowest BCUT2D eigenvalue weighted by Gasteiger charge is -2.37. The van der Waals surface area contributed by atoms with Crippen molar-refractivity contribution in [2.45, 2.75) is 105 Å². The molecule has 4 amide bonds. The Morgan fingerprint density at radius 1 is 0.981 bits per heavy atom. The van der Waals surface area contributed by atoms with Gasteiger partial charge >= 0.3 is 0 Å². The van der Waals surface area contributed by atoms with E-state index in [4.69, 9.17) is 5.73 Å². The van der Waals surface area contributed by atoms with Crippen LogP contribution in [0.5, 0.6) is 0 Å². The van der Waals surface area contributed by atoms with Gasteiger partial charge in [-0.05, 0) is 49.4 Å². The van der Waals surface area contributed by atoms with Crippen molar-refractivity contribution in [3.05, 3.63) is 41.7 Å². The summed E-state index contributed by atoms with van der Waals surface area (Å²) in [6, 6.07) is 3.19. The number of hydrogen-bond acceptors (Lipinski definition) is 11. The second kappa shape index (κ2) is 15.7. The molecular weight excluding hydrogens is 719 g/mol. The summed E-state index contributed by atoms with van der Waals surface area (Å²) in [7, 11) is -7.97. The topological polar surface area (TPSA) is 258 Å². The summed E-state index contributed by atoms with van der Waals surface area (Å²) in [5.74, 6) is -5.15. The Morgan fingerprint density at radius 2 is 1.62 bits per heavy atom. The molecule has 4 N–H and O–H groups in total. The number of nitrogens with zero attached hydrogens (tertiary/aromatic N) is 5. The number of carbonyl (C=O) groups excluding carboxylic acids is 5. The maximum absolute atomic E-state index is 14.6. The van der Waals surface area contributed by atoms with E-state index in [9.17, 15) is 45.4 Å². The van der Waals surface area contributed by atoms with Crippen LogP contribution in [0.4, 0.5) is 0 Å². The van der Waals surface area contributed by atoms with Crippen LogP contribution >= 0.6 is 0 Å². The lowest BCUT2D eigenvalue weighted by Crippen LogP contribution is -2.62. The number of aromatic nitrogens is 3. The quantitative estimate of drug-likeness (QED) is 0.157. The van der Waals surface area contributed by atoms with Gasteiger partial charge in [-0.25, -0.2) is 18.1 Å². The highest BCUT2D eigenvalue weighted by Gasteiger charge is 2.48. The number of Topliss-reactive ketones (excluding diaryl/α,β-unsaturated/α-hetero) is 1. The minimum absolute atomic E-state index is 0.00177. The summed E-state index contributed by atoms with van der Waals surface area (Å²) in [5, 5.41) is 10.5. The molecule has 19 heteroatoms. The van der Waals surface area contributed by atoms with Gasteiger partial charge in [0.1, 0.15) is 28.7 Å². The maximum atomic E-state index is 14.6. The molecule has 2 heterocycles. The third kappa shape index (κ3) is 9.35. The molecule has 5 rings (SSSR count). The van der Waals surface area contributed by atoms with E-state index in [1.807, 2.05) is 0 Å². The van der Waals surface area contributed by atoms with Gasteiger partial charge in [0.25, 0.3) is 27.8 Å². The molecule has 52 heavy (non-hydrogen) atoms. The van der Waals surface area contributed by atoms with Crippen LogP contribution < -0.4 is 11.1 Å². The highest BCUT2D eigenvalue weighted by molar-refractivity contribution is 7.90. The Bertz CT molecular complexity index is 1960. The van der Waals surface area contributed by atoms with Crippen molar-refractivity contribution in [1.82, 2.24) is 25.2 Å². The number of carbonyl (C=O) groups is 5. The van der Waals surface area contributed by atoms with E-state index < -0.39 is 72.7 Å². The minimum Gasteiger partial charge on any atom is -0.363 e. The molecule has 282 valence electrons. The number of nitrogens with one attached hydrogen (secondary N) is 1. The fourth-order valence-electron chi connectivity index (χ4n) is 7.39. The lowest BCUT2D eigenvalue weighted by atomic mass is 9.78. The number of aliphatic imine (C=N–C) groups is 1. The third-order valence-electron chi connectivity index (χ3n) is 10.1. The van der Waals surface area contributed by atoms with Gasteiger partial charge in [-0.3, -0.25) is 28.5 Å². The molecule has 1 saturated heterocycles. The van der Waals surface area contributed by atoms with E-state index in [0.29, 0.717) is 12.8 Å². The first-order chi connectivity index (χ1) is 24.5. The Kier molecular flexibility index (Phi) is 11.7. The molecule has 1 aromatic heterocycles. The highest BCUT2D eigenvalue weighted by Crippen LogP contribution is 2.34. The van der Waals surface area contributed by atoms with Crippen molar-refractivity contribution in [2.24, 2.45) is 16.6 Å². The standard InChI is InChI=1S/C33H43N7O10S2/c1-51(46,47)25-12-10-22(11-13-25)30(43)35-26(16-21-8-4-2-5-9-21)32(45)39-19-24(40-18-23(37-38-40)20-52(48,49)50)17-27(39)31(44)36-33(28(41)29(34)42)14-6-3-7-15-33/h10-13,18,21,24,27H,2-9,14-17,19-20H2,1H3,(H2,34,42)(H,36,44)(H,48,49,50)/b35-26+/t24-,27-/m0/s1. The zero-order valence-electron chi connectivity index (χ0n) is 28.8. The van der Waals surface area contributed by atoms with E-state index in [0.717, 1.165) is 44.8 Å². The number of nitrogens with two attached hydrogens (primary N) is 1. The largest absolute Gasteiger partial charge is 0.363 e. The maximum Gasteiger partial charge on any atom is 0.287 e. The second-order valence-electron chi connectivity index (χ2n) is 14.0. The minimum atomic E-state index is -4.44. The Balaban J connectivity index is 1.51. The van der Waals surface area contributed by atoms with Gasteiger partial charge in [-0.15, -0.1) is 5.10 Å². The summed E-state index contributed by atoms with van der Waals surface area (Å²) >= 11 is 0. The smallest absolute Gasteiger partial charge is 0.287 e. The van der Waals surface area contributed by atoms with Gasteiger partial charge < -0.3 is 16.0 Å². The van der Waals surface area contributed by atoms with Crippen molar-refractivity contribution in [2.75, 3.05) is 12.8 Å². The Hall–Kier alpha value is -4.36. The zero-order chi connectivity index (χ0) is 37.8. The molecule has 0 unspecified atom stereocenters. The van der Waals surface area contributed by atoms with Gasteiger partial charge in [0.2, 0.25) is 11.7 Å². The first kappa shape index (κ1) is 38.9. The van der Waals surface area contributed by atoms with Crippen LogP contribution in [0.15, 0.2) is 40.4 Å². The number of amides is 4. The van der Waals surface area contributed by atoms with Crippen molar-refractivity contribution < 1.29 is 45.4 Å². The van der Waals surface area contributed by atoms with Gasteiger partial charge in [-0.2, -0.15) is 8.42 Å². The number of hydrogen-bond donors (Lipinski definition) is 3. The molecule has 0 bridgehead atoms. The molecule has 0 spiro atoms. The molecule has 17 nitrogen and oxygen atoms in total. The van der Waals surface area contributed by atoms with E-state index in [1.54, 1.807) is 0 Å². The average molecular weight is 762 g/mol. The van der Waals surface area contributed by atoms with Crippen LogP contribution in [0.3, 0.4) is 0 Å². The summed E-state index contributed by atoms with van der Waals surface area (Å²) < 4.78 is 57.4. The summed E-state index contributed by atoms with van der Waals surface area (Å²) in [6.07, 6.45) is 9.09. The SMILES string of the molecule is CS(=O)(=O)c1ccc(C(=O)/N=C(\CC2CCCCC2)C(=O)N2C[C@@H](n3cc(CS(=O)(=O)O)nn3)C[C@H]2C(=O)NC2(C(=O)C(N)=O)CCCCC2)cc1. The second-order valence-corrected chi connectivity index (χ2v) is 17.4. The zero-order valence-corrected chi connectivity index (χ0v) is 30.4. The first-order valence-electron chi connectivity index (χ1n) is 17.2. The molecule has 2 atom stereocenters. The molecule has 0 radical (unpaired) electrons. The van der Waals surface area contributed by atoms with Crippen molar-refractivity contribution in [3.63, 3.8) is 0 Å². The van der Waals surface area contributed by atoms with Crippen LogP contribution in [0.1, 0.15) is 99.1 Å². The fraction of sp³-hybridized carbons (Fsp3) is 0.576. The number of sulfone groups is 1.